The van der Waals surface area contributed by atoms with Gasteiger partial charge in [0.1, 0.15) is 0 Å². The quantitative estimate of drug-likeness (QED) is 0.341. The van der Waals surface area contributed by atoms with E-state index in [4.69, 9.17) is 12.2 Å². The Labute approximate surface area is 49.9 Å². The maximum absolute atomic E-state index is 8.54. The van der Waals surface area contributed by atoms with Crippen molar-refractivity contribution in [2.24, 2.45) is 0 Å². The van der Waals surface area contributed by atoms with Gasteiger partial charge >= 0.3 is 49.8 Å². The maximum Gasteiger partial charge on any atom is 2.00 e. The van der Waals surface area contributed by atoms with Crippen LogP contribution in [0.4, 0.5) is 0 Å². The predicted molar refractivity (Wildman–Crippen MR) is 12.2 cm³/mol. The normalized spacial score (nSPS) is 7.00. The summed E-state index contributed by atoms with van der Waals surface area (Å²) in [6.07, 6.45) is 0. The minimum Gasteiger partial charge on any atom is 2.00 e. The van der Waals surface area contributed by atoms with E-state index < -0.39 is 14.5 Å². The van der Waals surface area contributed by atoms with Gasteiger partial charge in [-0.3, -0.25) is 0 Å². The topological polar surface area (TPSA) is 63.2 Å². The molecule has 0 saturated carbocycles. The summed E-state index contributed by atoms with van der Waals surface area (Å²) in [6, 6.07) is 0. The molecule has 0 aliphatic rings. The molecule has 0 fully saturated rings. The predicted octanol–water partition coefficient (Wildman–Crippen LogP) is -3.26. The van der Waals surface area contributed by atoms with Crippen molar-refractivity contribution in [2.75, 3.05) is 0 Å². The summed E-state index contributed by atoms with van der Waals surface area (Å²) in [4.78, 5) is 0. The average molecular weight is 151 g/mol. The number of hydrogen-bond donors (Lipinski definition) is 0. The first kappa shape index (κ1) is 9.38. The van der Waals surface area contributed by atoms with E-state index >= 15 is 0 Å². The van der Waals surface area contributed by atoms with E-state index in [-0.39, 0.29) is 23.1 Å². The van der Waals surface area contributed by atoms with Gasteiger partial charge in [-0.2, -0.15) is 0 Å². The zero-order valence-corrected chi connectivity index (χ0v) is 5.47. The molecule has 5 heavy (non-hydrogen) atoms. The summed E-state index contributed by atoms with van der Waals surface area (Å²) in [5.41, 5.74) is 0. The van der Waals surface area contributed by atoms with Gasteiger partial charge in [0.15, 0.2) is 0 Å². The zero-order valence-electron chi connectivity index (χ0n) is 2.34. The number of hydrogen-bond acceptors (Lipinski definition) is 3. The van der Waals surface area contributed by atoms with Crippen LogP contribution in [0, 0.1) is 0 Å². The van der Waals surface area contributed by atoms with Crippen LogP contribution in [0.15, 0.2) is 0 Å². The molecule has 0 N–H and O–H groups in total. The summed E-state index contributed by atoms with van der Waals surface area (Å²) in [7, 11) is 0. The third kappa shape index (κ3) is 44.7. The Morgan fingerprint density at radius 3 is 1.40 bits per heavy atom. The molecule has 0 spiro atoms. The van der Waals surface area contributed by atoms with Crippen LogP contribution in [0.3, 0.4) is 0 Å². The molecule has 0 saturated heterocycles. The molecule has 3 nitrogen and oxygen atoms in total. The third-order valence-corrected chi connectivity index (χ3v) is 0. The molecule has 0 amide bonds. The van der Waals surface area contributed by atoms with Gasteiger partial charge in [0, 0.05) is 0 Å². The zero-order chi connectivity index (χ0) is 3.58. The maximum atomic E-state index is 8.54. The van der Waals surface area contributed by atoms with Crippen LogP contribution < -0.4 is 8.38 Å². The molecule has 0 atom stereocenters. The monoisotopic (exact) mass is 152 g/mol. The average Bonchev–Trinajstić information content (AvgIpc) is 0.811. The van der Waals surface area contributed by atoms with E-state index in [1.165, 1.54) is 0 Å². The third-order valence-electron chi connectivity index (χ3n) is 0. The van der Waals surface area contributed by atoms with E-state index in [1.807, 2.05) is 0 Å². The fourth-order valence-corrected chi connectivity index (χ4v) is 0. The van der Waals surface area contributed by atoms with E-state index in [1.54, 1.807) is 0 Å². The molecular weight excluding hydrogens is 151 g/mol. The van der Waals surface area contributed by atoms with Gasteiger partial charge in [-0.15, -0.1) is 0 Å². The van der Waals surface area contributed by atoms with E-state index in [2.05, 4.69) is 0 Å². The SMILES string of the molecule is O=[Se]([O-])[O-].[Mg+2]. The summed E-state index contributed by atoms with van der Waals surface area (Å²) in [5, 5.41) is 0. The van der Waals surface area contributed by atoms with Crippen LogP contribution in [-0.4, -0.2) is 37.5 Å². The van der Waals surface area contributed by atoms with Crippen LogP contribution in [0.1, 0.15) is 0 Å². The van der Waals surface area contributed by atoms with Crippen LogP contribution in [-0.2, 0) is 3.83 Å². The van der Waals surface area contributed by atoms with Crippen molar-refractivity contribution in [1.29, 1.82) is 0 Å². The standard InChI is InChI=1S/Mg.H2O3Se/c;1-4(2)3/h;(H2,1,2,3)/q+2;/p-2. The molecule has 0 bridgehead atoms. The summed E-state index contributed by atoms with van der Waals surface area (Å²) < 4.78 is 25.6. The fourth-order valence-electron chi connectivity index (χ4n) is 0. The van der Waals surface area contributed by atoms with Crippen molar-refractivity contribution in [3.05, 3.63) is 0 Å². The van der Waals surface area contributed by atoms with Crippen LogP contribution in [0.5, 0.6) is 0 Å². The Kier molecular flexibility index (Phi) is 9.39. The molecule has 0 aromatic heterocycles. The van der Waals surface area contributed by atoms with E-state index in [0.29, 0.717) is 0 Å². The largest absolute Gasteiger partial charge is 2.00 e. The molecule has 0 radical (unpaired) electrons. The molecule has 0 unspecified atom stereocenters. The van der Waals surface area contributed by atoms with Crippen molar-refractivity contribution < 1.29 is 12.2 Å². The summed E-state index contributed by atoms with van der Waals surface area (Å²) in [5.74, 6) is 0. The van der Waals surface area contributed by atoms with Crippen molar-refractivity contribution in [2.45, 2.75) is 0 Å². The minimum absolute atomic E-state index is 0. The molecule has 0 aliphatic heterocycles. The Balaban J connectivity index is 0. The molecule has 0 aromatic rings. The van der Waals surface area contributed by atoms with Gasteiger partial charge in [-0.1, -0.05) is 0 Å². The van der Waals surface area contributed by atoms with E-state index in [9.17, 15) is 0 Å². The fraction of sp³-hybridized carbons (Fsp3) is 0. The first-order chi connectivity index (χ1) is 1.73. The molecular formula is MgO3Se. The minimum atomic E-state index is -3.79. The Morgan fingerprint density at radius 2 is 1.40 bits per heavy atom. The second-order valence-electron chi connectivity index (χ2n) is 0.204. The first-order valence-corrected chi connectivity index (χ1v) is 2.60. The van der Waals surface area contributed by atoms with Gasteiger partial charge in [0.2, 0.25) is 0 Å². The summed E-state index contributed by atoms with van der Waals surface area (Å²) in [6.45, 7) is 0. The second-order valence-corrected chi connectivity index (χ2v) is 1.06. The van der Waals surface area contributed by atoms with E-state index in [0.717, 1.165) is 0 Å². The smallest absolute Gasteiger partial charge is 2.00 e. The molecule has 0 rings (SSSR count). The van der Waals surface area contributed by atoms with Gasteiger partial charge in [0.05, 0.1) is 0 Å². The van der Waals surface area contributed by atoms with Crippen LogP contribution in [0.2, 0.25) is 0 Å². The molecule has 0 heterocycles. The molecule has 0 aromatic carbocycles. The van der Waals surface area contributed by atoms with Gasteiger partial charge in [-0.25, -0.2) is 0 Å². The van der Waals surface area contributed by atoms with Gasteiger partial charge in [-0.05, 0) is 0 Å². The Morgan fingerprint density at radius 1 is 1.40 bits per heavy atom. The molecule has 0 aliphatic carbocycles. The second kappa shape index (κ2) is 5.01. The number of rotatable bonds is 0. The van der Waals surface area contributed by atoms with Gasteiger partial charge < -0.3 is 0 Å². The Hall–Kier alpha value is 1.01. The van der Waals surface area contributed by atoms with Gasteiger partial charge in [0.25, 0.3) is 0 Å². The Bertz CT molecular complexity index is 29.9. The van der Waals surface area contributed by atoms with Crippen molar-refractivity contribution >= 4 is 37.5 Å². The summed E-state index contributed by atoms with van der Waals surface area (Å²) >= 11 is -3.79. The molecule has 26 valence electrons. The molecule has 5 heteroatoms. The van der Waals surface area contributed by atoms with Crippen molar-refractivity contribution in [1.82, 2.24) is 0 Å². The van der Waals surface area contributed by atoms with Crippen molar-refractivity contribution in [3.8, 4) is 0 Å². The van der Waals surface area contributed by atoms with Crippen molar-refractivity contribution in [3.63, 3.8) is 0 Å². The van der Waals surface area contributed by atoms with Crippen LogP contribution in [0.25, 0.3) is 0 Å². The first-order valence-electron chi connectivity index (χ1n) is 0.500. The van der Waals surface area contributed by atoms with Crippen LogP contribution >= 0.6 is 0 Å².